The molecule has 2 heterocycles. The van der Waals surface area contributed by atoms with E-state index >= 15 is 0 Å². The highest BCUT2D eigenvalue weighted by atomic mass is 16.5. The van der Waals surface area contributed by atoms with Gasteiger partial charge in [-0.2, -0.15) is 0 Å². The number of likely N-dealkylation sites (tertiary alicyclic amines) is 2. The molecule has 32 heavy (non-hydrogen) atoms. The number of carbonyl (C=O) groups is 2. The van der Waals surface area contributed by atoms with E-state index in [0.29, 0.717) is 32.0 Å². The Morgan fingerprint density at radius 2 is 1.38 bits per heavy atom. The van der Waals surface area contributed by atoms with Gasteiger partial charge in [-0.1, -0.05) is 34.6 Å². The van der Waals surface area contributed by atoms with E-state index in [2.05, 4.69) is 44.4 Å². The van der Waals surface area contributed by atoms with Crippen molar-refractivity contribution in [3.8, 4) is 0 Å². The van der Waals surface area contributed by atoms with Crippen molar-refractivity contribution >= 4 is 11.9 Å². The molecule has 2 atom stereocenters. The summed E-state index contributed by atoms with van der Waals surface area (Å²) in [6.45, 7) is 17.9. The molecule has 6 nitrogen and oxygen atoms in total. The Hall–Kier alpha value is -1.14. The van der Waals surface area contributed by atoms with Gasteiger partial charge in [0.2, 0.25) is 0 Å². The molecule has 0 aliphatic carbocycles. The Morgan fingerprint density at radius 3 is 1.84 bits per heavy atom. The summed E-state index contributed by atoms with van der Waals surface area (Å²) >= 11 is 0. The number of hydrogen-bond donors (Lipinski definition) is 0. The van der Waals surface area contributed by atoms with Crippen molar-refractivity contribution in [1.29, 1.82) is 0 Å². The van der Waals surface area contributed by atoms with E-state index in [4.69, 9.17) is 9.47 Å². The van der Waals surface area contributed by atoms with Crippen molar-refractivity contribution in [1.82, 2.24) is 9.80 Å². The molecule has 2 rings (SSSR count). The van der Waals surface area contributed by atoms with Crippen molar-refractivity contribution in [2.75, 3.05) is 52.5 Å². The Labute approximate surface area is 196 Å². The molecule has 186 valence electrons. The second-order valence-electron chi connectivity index (χ2n) is 11.6. The minimum absolute atomic E-state index is 0.0579. The van der Waals surface area contributed by atoms with Crippen LogP contribution in [0.1, 0.15) is 79.6 Å². The van der Waals surface area contributed by atoms with Crippen LogP contribution in [0, 0.1) is 23.2 Å². The fourth-order valence-electron chi connectivity index (χ4n) is 4.61. The third-order valence-corrected chi connectivity index (χ3v) is 6.74. The van der Waals surface area contributed by atoms with Gasteiger partial charge in [-0.05, 0) is 68.4 Å². The van der Waals surface area contributed by atoms with Crippen LogP contribution in [0.25, 0.3) is 0 Å². The highest BCUT2D eigenvalue weighted by Crippen LogP contribution is 2.29. The van der Waals surface area contributed by atoms with Crippen LogP contribution in [0.4, 0.5) is 0 Å². The Bertz CT molecular complexity index is 573. The number of esters is 2. The molecule has 2 saturated heterocycles. The van der Waals surface area contributed by atoms with E-state index in [1.54, 1.807) is 0 Å². The summed E-state index contributed by atoms with van der Waals surface area (Å²) in [4.78, 5) is 28.7. The lowest BCUT2D eigenvalue weighted by atomic mass is 9.93. The second kappa shape index (κ2) is 13.5. The maximum atomic E-state index is 12.0. The number of carbonyl (C=O) groups excluding carboxylic acids is 2. The lowest BCUT2D eigenvalue weighted by molar-refractivity contribution is -0.145. The lowest BCUT2D eigenvalue weighted by Gasteiger charge is -2.19. The van der Waals surface area contributed by atoms with Gasteiger partial charge in [0.05, 0.1) is 26.1 Å². The van der Waals surface area contributed by atoms with Crippen molar-refractivity contribution in [2.45, 2.75) is 79.6 Å². The van der Waals surface area contributed by atoms with Gasteiger partial charge in [0.25, 0.3) is 0 Å². The molecule has 2 fully saturated rings. The zero-order valence-electron chi connectivity index (χ0n) is 21.4. The van der Waals surface area contributed by atoms with Crippen LogP contribution in [-0.2, 0) is 19.1 Å². The largest absolute Gasteiger partial charge is 0.466 e. The first-order chi connectivity index (χ1) is 15.1. The van der Waals surface area contributed by atoms with Crippen LogP contribution >= 0.6 is 0 Å². The van der Waals surface area contributed by atoms with E-state index in [9.17, 15) is 9.59 Å². The zero-order chi connectivity index (χ0) is 23.6. The normalized spacial score (nSPS) is 22.6. The van der Waals surface area contributed by atoms with Crippen LogP contribution < -0.4 is 0 Å². The average molecular weight is 453 g/mol. The highest BCUT2D eigenvalue weighted by Gasteiger charge is 2.29. The summed E-state index contributed by atoms with van der Waals surface area (Å²) in [7, 11) is 0. The summed E-state index contributed by atoms with van der Waals surface area (Å²) in [6.07, 6.45) is 6.59. The summed E-state index contributed by atoms with van der Waals surface area (Å²) in [5, 5.41) is 0. The van der Waals surface area contributed by atoms with Crippen molar-refractivity contribution in [3.63, 3.8) is 0 Å². The Kier molecular flexibility index (Phi) is 11.5. The molecule has 6 heteroatoms. The maximum Gasteiger partial charge on any atom is 0.307 e. The van der Waals surface area contributed by atoms with E-state index in [1.165, 1.54) is 19.3 Å². The molecule has 2 unspecified atom stereocenters. The number of nitrogens with zero attached hydrogens (tertiary/aromatic N) is 2. The average Bonchev–Trinajstić information content (AvgIpc) is 3.33. The Balaban J connectivity index is 1.53. The van der Waals surface area contributed by atoms with Gasteiger partial charge in [-0.25, -0.2) is 0 Å². The van der Waals surface area contributed by atoms with Crippen LogP contribution in [0.3, 0.4) is 0 Å². The fraction of sp³-hybridized carbons (Fsp3) is 0.923. The molecule has 0 N–H and O–H groups in total. The molecular weight excluding hydrogens is 404 g/mol. The smallest absolute Gasteiger partial charge is 0.307 e. The standard InChI is InChI=1S/C26H48N2O4/c1-21(2)10-16-31-24(29)8-14-27-12-6-22(19-27)18-23-7-13-28(20-23)15-9-25(30)32-17-11-26(3,4)5/h21-23H,6-20H2,1-5H3. The highest BCUT2D eigenvalue weighted by molar-refractivity contribution is 5.69. The first kappa shape index (κ1) is 27.1. The maximum absolute atomic E-state index is 12.0. The van der Waals surface area contributed by atoms with Gasteiger partial charge in [0.1, 0.15) is 0 Å². The van der Waals surface area contributed by atoms with Crippen molar-refractivity contribution in [3.05, 3.63) is 0 Å². The molecule has 0 aromatic carbocycles. The fourth-order valence-corrected chi connectivity index (χ4v) is 4.61. The number of ether oxygens (including phenoxy) is 2. The van der Waals surface area contributed by atoms with Gasteiger partial charge >= 0.3 is 11.9 Å². The summed E-state index contributed by atoms with van der Waals surface area (Å²) in [6, 6.07) is 0. The van der Waals surface area contributed by atoms with E-state index in [-0.39, 0.29) is 17.4 Å². The van der Waals surface area contributed by atoms with Crippen LogP contribution in [0.5, 0.6) is 0 Å². The number of rotatable bonds is 13. The van der Waals surface area contributed by atoms with Gasteiger partial charge in [0.15, 0.2) is 0 Å². The van der Waals surface area contributed by atoms with Crippen LogP contribution in [0.15, 0.2) is 0 Å². The molecule has 0 radical (unpaired) electrons. The molecule has 0 bridgehead atoms. The topological polar surface area (TPSA) is 59.1 Å². The van der Waals surface area contributed by atoms with Crippen molar-refractivity contribution in [2.24, 2.45) is 23.2 Å². The second-order valence-corrected chi connectivity index (χ2v) is 11.6. The minimum atomic E-state index is -0.0631. The number of hydrogen-bond acceptors (Lipinski definition) is 6. The predicted molar refractivity (Wildman–Crippen MR) is 128 cm³/mol. The van der Waals surface area contributed by atoms with Gasteiger partial charge < -0.3 is 19.3 Å². The van der Waals surface area contributed by atoms with E-state index in [0.717, 1.165) is 63.9 Å². The molecule has 0 spiro atoms. The predicted octanol–water partition coefficient (Wildman–Crippen LogP) is 4.37. The van der Waals surface area contributed by atoms with E-state index < -0.39 is 0 Å². The molecule has 0 saturated carbocycles. The molecule has 0 aromatic rings. The quantitative estimate of drug-likeness (QED) is 0.387. The first-order valence-corrected chi connectivity index (χ1v) is 12.9. The lowest BCUT2D eigenvalue weighted by Crippen LogP contribution is -2.26. The molecular formula is C26H48N2O4. The SMILES string of the molecule is CC(C)CCOC(=O)CCN1CCC(CC2CCN(CCC(=O)OCCC(C)(C)C)C2)C1. The molecule has 0 amide bonds. The molecule has 0 aromatic heterocycles. The summed E-state index contributed by atoms with van der Waals surface area (Å²) < 4.78 is 10.7. The van der Waals surface area contributed by atoms with Gasteiger partial charge in [-0.15, -0.1) is 0 Å². The van der Waals surface area contributed by atoms with Crippen LogP contribution in [0.2, 0.25) is 0 Å². The summed E-state index contributed by atoms with van der Waals surface area (Å²) in [5.41, 5.74) is 0.203. The van der Waals surface area contributed by atoms with Crippen molar-refractivity contribution < 1.29 is 19.1 Å². The van der Waals surface area contributed by atoms with Gasteiger partial charge in [0, 0.05) is 26.2 Å². The Morgan fingerprint density at radius 1 is 0.875 bits per heavy atom. The first-order valence-electron chi connectivity index (χ1n) is 12.9. The zero-order valence-corrected chi connectivity index (χ0v) is 21.4. The molecule has 2 aliphatic rings. The van der Waals surface area contributed by atoms with Crippen LogP contribution in [-0.4, -0.2) is 74.2 Å². The molecule has 2 aliphatic heterocycles. The van der Waals surface area contributed by atoms with Gasteiger partial charge in [-0.3, -0.25) is 9.59 Å². The minimum Gasteiger partial charge on any atom is -0.466 e. The third kappa shape index (κ3) is 11.6. The summed E-state index contributed by atoms with van der Waals surface area (Å²) in [5.74, 6) is 1.92. The monoisotopic (exact) mass is 452 g/mol. The van der Waals surface area contributed by atoms with E-state index in [1.807, 2.05) is 0 Å². The third-order valence-electron chi connectivity index (χ3n) is 6.74.